The molecule has 24 heavy (non-hydrogen) atoms. The lowest BCUT2D eigenvalue weighted by Crippen LogP contribution is -2.46. The van der Waals surface area contributed by atoms with Crippen molar-refractivity contribution in [3.8, 4) is 0 Å². The number of nitrogens with one attached hydrogen (secondary N) is 1. The van der Waals surface area contributed by atoms with Gasteiger partial charge in [0.05, 0.1) is 24.8 Å². The number of rotatable bonds is 4. The van der Waals surface area contributed by atoms with Crippen molar-refractivity contribution in [3.63, 3.8) is 0 Å². The molecule has 126 valence electrons. The van der Waals surface area contributed by atoms with Gasteiger partial charge in [-0.25, -0.2) is 4.39 Å². The van der Waals surface area contributed by atoms with E-state index < -0.39 is 12.0 Å². The molecule has 0 aliphatic carbocycles. The minimum absolute atomic E-state index is 0.0423. The highest BCUT2D eigenvalue weighted by molar-refractivity contribution is 5.84. The van der Waals surface area contributed by atoms with Gasteiger partial charge in [0.1, 0.15) is 11.6 Å². The van der Waals surface area contributed by atoms with Crippen LogP contribution in [0.5, 0.6) is 0 Å². The Balaban J connectivity index is 1.80. The minimum atomic E-state index is -0.474. The average Bonchev–Trinajstić information content (AvgIpc) is 3.08. The summed E-state index contributed by atoms with van der Waals surface area (Å²) in [5.74, 6) is -0.358. The van der Waals surface area contributed by atoms with Crippen LogP contribution in [0.4, 0.5) is 4.39 Å². The average molecular weight is 330 g/mol. The second kappa shape index (κ2) is 6.86. The summed E-state index contributed by atoms with van der Waals surface area (Å²) in [7, 11) is 1.66. The van der Waals surface area contributed by atoms with E-state index in [0.717, 1.165) is 0 Å². The van der Waals surface area contributed by atoms with Gasteiger partial charge in [-0.3, -0.25) is 9.59 Å². The third-order valence-electron chi connectivity index (χ3n) is 4.40. The fourth-order valence-electron chi connectivity index (χ4n) is 3.18. The van der Waals surface area contributed by atoms with Crippen molar-refractivity contribution < 1.29 is 18.4 Å². The van der Waals surface area contributed by atoms with Crippen molar-refractivity contribution in [2.75, 3.05) is 7.05 Å². The highest BCUT2D eigenvalue weighted by atomic mass is 19.1. The van der Waals surface area contributed by atoms with Crippen LogP contribution in [0.2, 0.25) is 0 Å². The predicted molar refractivity (Wildman–Crippen MR) is 85.2 cm³/mol. The molecule has 1 N–H and O–H groups in total. The summed E-state index contributed by atoms with van der Waals surface area (Å²) in [5.41, 5.74) is 0.628. The minimum Gasteiger partial charge on any atom is -0.467 e. The van der Waals surface area contributed by atoms with Crippen LogP contribution in [0.1, 0.15) is 30.2 Å². The zero-order valence-electron chi connectivity index (χ0n) is 13.4. The molecule has 2 atom stereocenters. The molecule has 0 spiro atoms. The van der Waals surface area contributed by atoms with Crippen LogP contribution in [-0.2, 0) is 16.1 Å². The highest BCUT2D eigenvalue weighted by Gasteiger charge is 2.38. The van der Waals surface area contributed by atoms with Crippen LogP contribution in [0, 0.1) is 11.7 Å². The van der Waals surface area contributed by atoms with Gasteiger partial charge in [0.15, 0.2) is 0 Å². The Hall–Kier alpha value is -2.63. The number of halogens is 1. The van der Waals surface area contributed by atoms with Crippen LogP contribution in [0.3, 0.4) is 0 Å². The van der Waals surface area contributed by atoms with Gasteiger partial charge in [0.2, 0.25) is 11.8 Å². The molecular weight excluding hydrogens is 311 g/mol. The van der Waals surface area contributed by atoms with Crippen molar-refractivity contribution in [2.45, 2.75) is 25.4 Å². The van der Waals surface area contributed by atoms with Crippen molar-refractivity contribution in [3.05, 3.63) is 59.8 Å². The van der Waals surface area contributed by atoms with Gasteiger partial charge in [-0.2, -0.15) is 0 Å². The zero-order chi connectivity index (χ0) is 17.1. The summed E-state index contributed by atoms with van der Waals surface area (Å²) in [4.78, 5) is 26.2. The molecule has 5 nitrogen and oxygen atoms in total. The first-order chi connectivity index (χ1) is 11.6. The lowest BCUT2D eigenvalue weighted by Gasteiger charge is -2.38. The Kier molecular flexibility index (Phi) is 4.64. The van der Waals surface area contributed by atoms with Gasteiger partial charge >= 0.3 is 0 Å². The number of carbonyl (C=O) groups is 2. The molecule has 1 aromatic heterocycles. The van der Waals surface area contributed by atoms with E-state index in [1.807, 2.05) is 0 Å². The normalized spacial score (nSPS) is 20.9. The van der Waals surface area contributed by atoms with Gasteiger partial charge in [0.25, 0.3) is 0 Å². The topological polar surface area (TPSA) is 62.6 Å². The molecule has 3 rings (SSSR count). The van der Waals surface area contributed by atoms with E-state index in [0.29, 0.717) is 24.2 Å². The van der Waals surface area contributed by atoms with Crippen LogP contribution < -0.4 is 5.32 Å². The quantitative estimate of drug-likeness (QED) is 0.937. The number of benzene rings is 1. The van der Waals surface area contributed by atoms with Crippen molar-refractivity contribution in [1.82, 2.24) is 10.2 Å². The van der Waals surface area contributed by atoms with E-state index in [1.54, 1.807) is 37.6 Å². The van der Waals surface area contributed by atoms with Gasteiger partial charge in [-0.05, 0) is 36.2 Å². The Bertz CT molecular complexity index is 730. The van der Waals surface area contributed by atoms with Crippen LogP contribution in [-0.4, -0.2) is 23.8 Å². The third-order valence-corrected chi connectivity index (χ3v) is 4.40. The first kappa shape index (κ1) is 16.2. The predicted octanol–water partition coefficient (Wildman–Crippen LogP) is 2.64. The third kappa shape index (κ3) is 3.32. The molecule has 0 saturated carbocycles. The molecule has 0 unspecified atom stereocenters. The first-order valence-corrected chi connectivity index (χ1v) is 7.87. The van der Waals surface area contributed by atoms with Crippen LogP contribution in [0.25, 0.3) is 0 Å². The van der Waals surface area contributed by atoms with Crippen LogP contribution in [0.15, 0.2) is 47.1 Å². The first-order valence-electron chi connectivity index (χ1n) is 7.87. The summed E-state index contributed by atoms with van der Waals surface area (Å²) < 4.78 is 18.8. The SMILES string of the molecule is CN1C(=O)CC[C@@H](C(=O)NCc2ccco2)[C@@H]1c1cccc(F)c1. The van der Waals surface area contributed by atoms with E-state index in [1.165, 1.54) is 17.0 Å². The maximum atomic E-state index is 13.6. The number of amides is 2. The zero-order valence-corrected chi connectivity index (χ0v) is 13.4. The maximum absolute atomic E-state index is 13.6. The largest absolute Gasteiger partial charge is 0.467 e. The molecule has 1 saturated heterocycles. The second-order valence-corrected chi connectivity index (χ2v) is 5.95. The summed E-state index contributed by atoms with van der Waals surface area (Å²) in [6.07, 6.45) is 2.29. The smallest absolute Gasteiger partial charge is 0.225 e. The van der Waals surface area contributed by atoms with Gasteiger partial charge in [0, 0.05) is 13.5 Å². The van der Waals surface area contributed by atoms with Gasteiger partial charge in [-0.1, -0.05) is 12.1 Å². The number of likely N-dealkylation sites (tertiary alicyclic amines) is 1. The standard InChI is InChI=1S/C18H19FN2O3/c1-21-16(22)8-7-15(17(21)12-4-2-5-13(19)10-12)18(23)20-11-14-6-3-9-24-14/h2-6,9-10,15,17H,7-8,11H2,1H3,(H,20,23)/t15-,17+/m1/s1. The van der Waals surface area contributed by atoms with Crippen molar-refractivity contribution >= 4 is 11.8 Å². The lowest BCUT2D eigenvalue weighted by molar-refractivity contribution is -0.141. The summed E-state index contributed by atoms with van der Waals surface area (Å²) in [5, 5.41) is 2.84. The van der Waals surface area contributed by atoms with E-state index in [-0.39, 0.29) is 24.2 Å². The number of hydrogen-bond donors (Lipinski definition) is 1. The lowest BCUT2D eigenvalue weighted by atomic mass is 9.84. The molecule has 0 radical (unpaired) electrons. The molecule has 1 aliphatic rings. The van der Waals surface area contributed by atoms with E-state index in [2.05, 4.69) is 5.32 Å². The van der Waals surface area contributed by atoms with E-state index in [9.17, 15) is 14.0 Å². The molecule has 2 amide bonds. The Morgan fingerprint density at radius 3 is 2.92 bits per heavy atom. The highest BCUT2D eigenvalue weighted by Crippen LogP contribution is 2.36. The number of piperidine rings is 1. The second-order valence-electron chi connectivity index (χ2n) is 5.95. The van der Waals surface area contributed by atoms with Gasteiger partial charge < -0.3 is 14.6 Å². The molecular formula is C18H19FN2O3. The Labute approximate surface area is 139 Å². The molecule has 2 aromatic rings. The Morgan fingerprint density at radius 2 is 2.21 bits per heavy atom. The van der Waals surface area contributed by atoms with Crippen LogP contribution >= 0.6 is 0 Å². The van der Waals surface area contributed by atoms with Crippen molar-refractivity contribution in [2.24, 2.45) is 5.92 Å². The Morgan fingerprint density at radius 1 is 1.38 bits per heavy atom. The fraction of sp³-hybridized carbons (Fsp3) is 0.333. The molecule has 0 bridgehead atoms. The summed E-state index contributed by atoms with van der Waals surface area (Å²) >= 11 is 0. The maximum Gasteiger partial charge on any atom is 0.225 e. The summed E-state index contributed by atoms with van der Waals surface area (Å²) in [6.45, 7) is 0.288. The van der Waals surface area contributed by atoms with E-state index >= 15 is 0 Å². The number of nitrogens with zero attached hydrogens (tertiary/aromatic N) is 1. The van der Waals surface area contributed by atoms with Crippen molar-refractivity contribution in [1.29, 1.82) is 0 Å². The monoisotopic (exact) mass is 330 g/mol. The number of furan rings is 1. The number of hydrogen-bond acceptors (Lipinski definition) is 3. The van der Waals surface area contributed by atoms with Gasteiger partial charge in [-0.15, -0.1) is 0 Å². The molecule has 1 aliphatic heterocycles. The fourth-order valence-corrected chi connectivity index (χ4v) is 3.18. The molecule has 6 heteroatoms. The molecule has 1 aromatic carbocycles. The summed E-state index contributed by atoms with van der Waals surface area (Å²) in [6, 6.07) is 9.13. The number of carbonyl (C=O) groups excluding carboxylic acids is 2. The van der Waals surface area contributed by atoms with E-state index in [4.69, 9.17) is 4.42 Å². The molecule has 2 heterocycles. The molecule has 1 fully saturated rings.